The van der Waals surface area contributed by atoms with Gasteiger partial charge in [0.05, 0.1) is 0 Å². The molecule has 1 fully saturated rings. The molecule has 1 aliphatic rings. The quantitative estimate of drug-likeness (QED) is 0.568. The zero-order valence-corrected chi connectivity index (χ0v) is 9.21. The van der Waals surface area contributed by atoms with Gasteiger partial charge in [-0.2, -0.15) is 0 Å². The van der Waals surface area contributed by atoms with Gasteiger partial charge in [0, 0.05) is 0 Å². The summed E-state index contributed by atoms with van der Waals surface area (Å²) in [6.45, 7) is 0. The van der Waals surface area contributed by atoms with Crippen molar-refractivity contribution in [3.05, 3.63) is 0 Å². The molecule has 0 aromatic carbocycles. The van der Waals surface area contributed by atoms with Gasteiger partial charge in [0.15, 0.2) is 0 Å². The average Bonchev–Trinajstić information content (AvgIpc) is 1.90. The fourth-order valence-corrected chi connectivity index (χ4v) is 1.41. The van der Waals surface area contributed by atoms with Crippen molar-refractivity contribution in [2.24, 2.45) is 0 Å². The van der Waals surface area contributed by atoms with E-state index >= 15 is 0 Å². The summed E-state index contributed by atoms with van der Waals surface area (Å²) in [6, 6.07) is 0. The zero-order valence-electron chi connectivity index (χ0n) is 6.44. The van der Waals surface area contributed by atoms with Gasteiger partial charge < -0.3 is 0 Å². The van der Waals surface area contributed by atoms with Crippen LogP contribution in [-0.2, 0) is 18.8 Å². The molecule has 0 radical (unpaired) electrons. The van der Waals surface area contributed by atoms with Crippen LogP contribution in [0.1, 0.15) is 51.4 Å². The van der Waals surface area contributed by atoms with E-state index in [0.717, 1.165) is 0 Å². The first kappa shape index (κ1) is 11.0. The Morgan fingerprint density at radius 1 is 0.500 bits per heavy atom. The molecular formula is C8H16ClMo. The molecule has 10 heavy (non-hydrogen) atoms. The molecule has 1 saturated carbocycles. The SMILES string of the molecule is C1CCCCCCC1.[Cl][Mo]. The van der Waals surface area contributed by atoms with Crippen LogP contribution in [0.25, 0.3) is 0 Å². The van der Waals surface area contributed by atoms with E-state index in [-0.39, 0.29) is 0 Å². The summed E-state index contributed by atoms with van der Waals surface area (Å²) in [5.74, 6) is 0. The van der Waals surface area contributed by atoms with E-state index < -0.39 is 0 Å². The number of hydrogen-bond acceptors (Lipinski definition) is 0. The van der Waals surface area contributed by atoms with E-state index in [1.54, 1.807) is 0 Å². The van der Waals surface area contributed by atoms with Crippen LogP contribution in [-0.4, -0.2) is 0 Å². The second-order valence-corrected chi connectivity index (χ2v) is 2.83. The van der Waals surface area contributed by atoms with Crippen molar-refractivity contribution in [3.63, 3.8) is 0 Å². The van der Waals surface area contributed by atoms with Crippen LogP contribution in [0, 0.1) is 0 Å². The first-order chi connectivity index (χ1) is 5.00. The third-order valence-electron chi connectivity index (χ3n) is 2.00. The van der Waals surface area contributed by atoms with Crippen LogP contribution in [0.4, 0.5) is 0 Å². The Morgan fingerprint density at radius 2 is 0.600 bits per heavy atom. The molecule has 1 aliphatic carbocycles. The van der Waals surface area contributed by atoms with Crippen LogP contribution in [0.3, 0.4) is 0 Å². The van der Waals surface area contributed by atoms with Gasteiger partial charge in [0.2, 0.25) is 0 Å². The van der Waals surface area contributed by atoms with Crippen LogP contribution >= 0.6 is 9.42 Å². The minimum absolute atomic E-state index is 1.42. The Bertz CT molecular complexity index is 33.2. The Kier molecular flexibility index (Phi) is 11.0. The second kappa shape index (κ2) is 9.98. The summed E-state index contributed by atoms with van der Waals surface area (Å²) in [5, 5.41) is 0. The van der Waals surface area contributed by atoms with Crippen molar-refractivity contribution in [3.8, 4) is 0 Å². The molecule has 0 N–H and O–H groups in total. The van der Waals surface area contributed by atoms with Gasteiger partial charge in [-0.25, -0.2) is 0 Å². The molecule has 0 heterocycles. The number of hydrogen-bond donors (Lipinski definition) is 0. The summed E-state index contributed by atoms with van der Waals surface area (Å²) in [4.78, 5) is 0. The molecule has 0 aliphatic heterocycles. The molecule has 0 bridgehead atoms. The molecule has 2 heteroatoms. The normalized spacial score (nSPS) is 19.7. The van der Waals surface area contributed by atoms with E-state index in [1.807, 2.05) is 0 Å². The van der Waals surface area contributed by atoms with Crippen molar-refractivity contribution in [1.82, 2.24) is 0 Å². The molecule has 61 valence electrons. The van der Waals surface area contributed by atoms with Gasteiger partial charge in [-0.3, -0.25) is 0 Å². The monoisotopic (exact) mass is 245 g/mol. The van der Waals surface area contributed by atoms with Crippen LogP contribution in [0.15, 0.2) is 0 Å². The Labute approximate surface area is 79.5 Å². The van der Waals surface area contributed by atoms with Gasteiger partial charge >= 0.3 is 28.2 Å². The summed E-state index contributed by atoms with van der Waals surface area (Å²) in [6.07, 6.45) is 12.0. The molecule has 0 nitrogen and oxygen atoms in total. The summed E-state index contributed by atoms with van der Waals surface area (Å²) in [7, 11) is 4.65. The standard InChI is InChI=1S/C8H16.ClH.Mo/c1-2-4-6-8-7-5-3-1;;/h1-8H2;1H;/q;;+1/p-1. The maximum absolute atomic E-state index is 4.65. The molecule has 0 spiro atoms. The van der Waals surface area contributed by atoms with Crippen molar-refractivity contribution < 1.29 is 18.8 Å². The molecule has 1 rings (SSSR count). The van der Waals surface area contributed by atoms with E-state index in [0.29, 0.717) is 0 Å². The number of halogens is 1. The summed E-state index contributed by atoms with van der Waals surface area (Å²) < 4.78 is 0. The first-order valence-corrected chi connectivity index (χ1v) is 6.74. The van der Waals surface area contributed by atoms with Gasteiger partial charge in [-0.15, -0.1) is 0 Å². The van der Waals surface area contributed by atoms with Crippen LogP contribution < -0.4 is 0 Å². The van der Waals surface area contributed by atoms with E-state index in [1.165, 1.54) is 70.1 Å². The minimum atomic E-state index is 1.42. The molecular weight excluding hydrogens is 227 g/mol. The van der Waals surface area contributed by atoms with Gasteiger partial charge in [0.25, 0.3) is 0 Å². The molecule has 0 aromatic heterocycles. The van der Waals surface area contributed by atoms with Crippen molar-refractivity contribution in [2.75, 3.05) is 0 Å². The van der Waals surface area contributed by atoms with E-state index in [4.69, 9.17) is 0 Å². The molecule has 0 atom stereocenters. The third kappa shape index (κ3) is 7.09. The van der Waals surface area contributed by atoms with Crippen molar-refractivity contribution in [2.45, 2.75) is 51.4 Å². The van der Waals surface area contributed by atoms with Gasteiger partial charge in [-0.05, 0) is 0 Å². The Hall–Kier alpha value is 0.978. The van der Waals surface area contributed by atoms with Crippen molar-refractivity contribution in [1.29, 1.82) is 0 Å². The maximum atomic E-state index is 4.65. The Balaban J connectivity index is 0.000000371. The summed E-state index contributed by atoms with van der Waals surface area (Å²) >= 11 is 1.42. The average molecular weight is 244 g/mol. The molecule has 0 saturated heterocycles. The molecule has 0 aromatic rings. The predicted molar refractivity (Wildman–Crippen MR) is 42.8 cm³/mol. The van der Waals surface area contributed by atoms with Crippen LogP contribution in [0.2, 0.25) is 0 Å². The van der Waals surface area contributed by atoms with Crippen LogP contribution in [0.5, 0.6) is 0 Å². The second-order valence-electron chi connectivity index (χ2n) is 2.83. The number of rotatable bonds is 0. The molecule has 0 unspecified atom stereocenters. The predicted octanol–water partition coefficient (Wildman–Crippen LogP) is 3.81. The third-order valence-corrected chi connectivity index (χ3v) is 2.00. The van der Waals surface area contributed by atoms with E-state index in [2.05, 4.69) is 9.42 Å². The zero-order chi connectivity index (χ0) is 7.66. The first-order valence-electron chi connectivity index (χ1n) is 4.15. The van der Waals surface area contributed by atoms with Gasteiger partial charge in [0.1, 0.15) is 0 Å². The molecule has 0 amide bonds. The van der Waals surface area contributed by atoms with Gasteiger partial charge in [-0.1, -0.05) is 51.4 Å². The van der Waals surface area contributed by atoms with Crippen molar-refractivity contribution >= 4 is 9.42 Å². The Morgan fingerprint density at radius 3 is 0.700 bits per heavy atom. The fourth-order valence-electron chi connectivity index (χ4n) is 1.41. The fraction of sp³-hybridized carbons (Fsp3) is 1.00. The topological polar surface area (TPSA) is 0 Å². The summed E-state index contributed by atoms with van der Waals surface area (Å²) in [5.41, 5.74) is 0. The van der Waals surface area contributed by atoms with E-state index in [9.17, 15) is 0 Å².